The standard InChI is InChI=1S/C25H32FN3O3/c1-28(2)22-13-7-19(8-14-22)17-29(18-23-5-4-16-32-23)24(30)6-3-15-27-25(31)20-9-11-21(26)12-10-20/h7-14,23H,3-6,15-18H2,1-2H3,(H,27,31). The van der Waals surface area contributed by atoms with Crippen molar-refractivity contribution in [1.29, 1.82) is 0 Å². The molecular weight excluding hydrogens is 409 g/mol. The molecule has 1 aliphatic heterocycles. The molecule has 6 nitrogen and oxygen atoms in total. The van der Waals surface area contributed by atoms with Gasteiger partial charge in [-0.25, -0.2) is 4.39 Å². The van der Waals surface area contributed by atoms with E-state index < -0.39 is 0 Å². The second kappa shape index (κ2) is 11.6. The molecule has 1 unspecified atom stereocenters. The first kappa shape index (κ1) is 23.7. The van der Waals surface area contributed by atoms with Gasteiger partial charge < -0.3 is 19.9 Å². The number of anilines is 1. The van der Waals surface area contributed by atoms with E-state index in [1.165, 1.54) is 24.3 Å². The number of halogens is 1. The minimum absolute atomic E-state index is 0.0493. The van der Waals surface area contributed by atoms with E-state index in [2.05, 4.69) is 17.4 Å². The molecule has 1 saturated heterocycles. The summed E-state index contributed by atoms with van der Waals surface area (Å²) in [6.07, 6.45) is 2.95. The van der Waals surface area contributed by atoms with E-state index in [0.29, 0.717) is 38.0 Å². The first-order chi connectivity index (χ1) is 15.4. The number of amides is 2. The summed E-state index contributed by atoms with van der Waals surface area (Å²) in [5.74, 6) is -0.599. The topological polar surface area (TPSA) is 61.9 Å². The summed E-state index contributed by atoms with van der Waals surface area (Å²) in [6, 6.07) is 13.6. The van der Waals surface area contributed by atoms with Crippen LogP contribution in [0.2, 0.25) is 0 Å². The van der Waals surface area contributed by atoms with Crippen LogP contribution in [0.4, 0.5) is 10.1 Å². The predicted octanol–water partition coefficient (Wildman–Crippen LogP) is 3.61. The molecule has 0 saturated carbocycles. The number of ether oxygens (including phenoxy) is 1. The number of hydrogen-bond donors (Lipinski definition) is 1. The number of carbonyl (C=O) groups excluding carboxylic acids is 2. The predicted molar refractivity (Wildman–Crippen MR) is 123 cm³/mol. The number of rotatable bonds is 10. The maximum Gasteiger partial charge on any atom is 0.251 e. The van der Waals surface area contributed by atoms with Crippen LogP contribution in [0.3, 0.4) is 0 Å². The zero-order valence-electron chi connectivity index (χ0n) is 18.9. The van der Waals surface area contributed by atoms with Crippen LogP contribution >= 0.6 is 0 Å². The van der Waals surface area contributed by atoms with Crippen molar-refractivity contribution in [1.82, 2.24) is 10.2 Å². The summed E-state index contributed by atoms with van der Waals surface area (Å²) in [4.78, 5) is 29.0. The van der Waals surface area contributed by atoms with Gasteiger partial charge in [-0.2, -0.15) is 0 Å². The Bertz CT molecular complexity index is 878. The Morgan fingerprint density at radius 2 is 1.81 bits per heavy atom. The molecule has 0 aliphatic carbocycles. The Balaban J connectivity index is 1.52. The summed E-state index contributed by atoms with van der Waals surface area (Å²) in [5, 5.41) is 2.79. The van der Waals surface area contributed by atoms with Crippen molar-refractivity contribution in [2.45, 2.75) is 38.3 Å². The Labute approximate surface area is 189 Å². The van der Waals surface area contributed by atoms with Gasteiger partial charge in [0, 0.05) is 58.0 Å². The molecule has 172 valence electrons. The lowest BCUT2D eigenvalue weighted by atomic mass is 10.1. The Kier molecular flexibility index (Phi) is 8.62. The van der Waals surface area contributed by atoms with Gasteiger partial charge in [0.15, 0.2) is 0 Å². The summed E-state index contributed by atoms with van der Waals surface area (Å²) >= 11 is 0. The average molecular weight is 442 g/mol. The highest BCUT2D eigenvalue weighted by Gasteiger charge is 2.22. The molecule has 0 aromatic heterocycles. The molecule has 3 rings (SSSR count). The smallest absolute Gasteiger partial charge is 0.251 e. The molecule has 7 heteroatoms. The summed E-state index contributed by atoms with van der Waals surface area (Å²) < 4.78 is 18.7. The van der Waals surface area contributed by atoms with Gasteiger partial charge in [-0.1, -0.05) is 12.1 Å². The van der Waals surface area contributed by atoms with E-state index in [-0.39, 0.29) is 23.7 Å². The van der Waals surface area contributed by atoms with Crippen LogP contribution in [0.15, 0.2) is 48.5 Å². The molecule has 2 amide bonds. The van der Waals surface area contributed by atoms with Gasteiger partial charge >= 0.3 is 0 Å². The average Bonchev–Trinajstić information content (AvgIpc) is 3.30. The normalized spacial score (nSPS) is 15.4. The molecule has 2 aromatic rings. The fraction of sp³-hybridized carbons (Fsp3) is 0.440. The fourth-order valence-electron chi connectivity index (χ4n) is 3.71. The number of carbonyl (C=O) groups is 2. The lowest BCUT2D eigenvalue weighted by molar-refractivity contribution is -0.133. The minimum Gasteiger partial charge on any atom is -0.378 e. The van der Waals surface area contributed by atoms with Gasteiger partial charge in [-0.05, 0) is 61.2 Å². The van der Waals surface area contributed by atoms with Crippen molar-refractivity contribution in [3.8, 4) is 0 Å². The number of nitrogens with zero attached hydrogens (tertiary/aromatic N) is 2. The second-order valence-corrected chi connectivity index (χ2v) is 8.34. The van der Waals surface area contributed by atoms with Crippen molar-refractivity contribution < 1.29 is 18.7 Å². The highest BCUT2D eigenvalue weighted by molar-refractivity contribution is 5.94. The summed E-state index contributed by atoms with van der Waals surface area (Å²) in [7, 11) is 3.99. The van der Waals surface area contributed by atoms with Crippen molar-refractivity contribution in [3.63, 3.8) is 0 Å². The van der Waals surface area contributed by atoms with Gasteiger partial charge in [0.25, 0.3) is 5.91 Å². The van der Waals surface area contributed by atoms with Gasteiger partial charge in [0.1, 0.15) is 5.82 Å². The lowest BCUT2D eigenvalue weighted by Crippen LogP contribution is -2.37. The third-order valence-corrected chi connectivity index (χ3v) is 5.59. The summed E-state index contributed by atoms with van der Waals surface area (Å²) in [5.41, 5.74) is 2.59. The van der Waals surface area contributed by atoms with Crippen LogP contribution in [0.25, 0.3) is 0 Å². The first-order valence-corrected chi connectivity index (χ1v) is 11.1. The number of hydrogen-bond acceptors (Lipinski definition) is 4. The van der Waals surface area contributed by atoms with E-state index in [1.54, 1.807) is 0 Å². The number of benzene rings is 2. The third-order valence-electron chi connectivity index (χ3n) is 5.59. The maximum atomic E-state index is 13.0. The highest BCUT2D eigenvalue weighted by Crippen LogP contribution is 2.18. The van der Waals surface area contributed by atoms with Gasteiger partial charge in [0.2, 0.25) is 5.91 Å². The van der Waals surface area contributed by atoms with Crippen LogP contribution in [0.5, 0.6) is 0 Å². The van der Waals surface area contributed by atoms with Crippen molar-refractivity contribution in [2.24, 2.45) is 0 Å². The van der Waals surface area contributed by atoms with Crippen LogP contribution in [-0.4, -0.2) is 56.6 Å². The van der Waals surface area contributed by atoms with Crippen molar-refractivity contribution >= 4 is 17.5 Å². The minimum atomic E-state index is -0.380. The third kappa shape index (κ3) is 7.05. The zero-order valence-corrected chi connectivity index (χ0v) is 18.9. The zero-order chi connectivity index (χ0) is 22.9. The monoisotopic (exact) mass is 441 g/mol. The Morgan fingerprint density at radius 1 is 1.09 bits per heavy atom. The Morgan fingerprint density at radius 3 is 2.44 bits per heavy atom. The summed E-state index contributed by atoms with van der Waals surface area (Å²) in [6.45, 7) is 2.25. The largest absolute Gasteiger partial charge is 0.378 e. The molecule has 1 aliphatic rings. The molecule has 1 atom stereocenters. The van der Waals surface area contributed by atoms with Crippen LogP contribution in [-0.2, 0) is 16.1 Å². The molecule has 32 heavy (non-hydrogen) atoms. The first-order valence-electron chi connectivity index (χ1n) is 11.1. The molecule has 0 bridgehead atoms. The highest BCUT2D eigenvalue weighted by atomic mass is 19.1. The molecule has 1 N–H and O–H groups in total. The SMILES string of the molecule is CN(C)c1ccc(CN(CC2CCCO2)C(=O)CCCNC(=O)c2ccc(F)cc2)cc1. The molecule has 2 aromatic carbocycles. The van der Waals surface area contributed by atoms with Crippen LogP contribution < -0.4 is 10.2 Å². The van der Waals surface area contributed by atoms with E-state index in [0.717, 1.165) is 30.7 Å². The molecule has 0 radical (unpaired) electrons. The Hall–Kier alpha value is -2.93. The molecule has 1 heterocycles. The van der Waals surface area contributed by atoms with E-state index in [4.69, 9.17) is 4.74 Å². The van der Waals surface area contributed by atoms with Crippen LogP contribution in [0.1, 0.15) is 41.6 Å². The molecule has 0 spiro atoms. The van der Waals surface area contributed by atoms with E-state index >= 15 is 0 Å². The molecular formula is C25H32FN3O3. The van der Waals surface area contributed by atoms with Gasteiger partial charge in [-0.3, -0.25) is 9.59 Å². The number of nitrogens with one attached hydrogen (secondary N) is 1. The molecule has 1 fully saturated rings. The maximum absolute atomic E-state index is 13.0. The van der Waals surface area contributed by atoms with Gasteiger partial charge in [0.05, 0.1) is 6.10 Å². The quantitative estimate of drug-likeness (QED) is 0.572. The van der Waals surface area contributed by atoms with Crippen LogP contribution in [0, 0.1) is 5.82 Å². The lowest BCUT2D eigenvalue weighted by Gasteiger charge is -2.26. The fourth-order valence-corrected chi connectivity index (χ4v) is 3.71. The van der Waals surface area contributed by atoms with Crippen molar-refractivity contribution in [3.05, 3.63) is 65.5 Å². The van der Waals surface area contributed by atoms with E-state index in [9.17, 15) is 14.0 Å². The van der Waals surface area contributed by atoms with Crippen molar-refractivity contribution in [2.75, 3.05) is 38.7 Å². The van der Waals surface area contributed by atoms with E-state index in [1.807, 2.05) is 36.0 Å². The van der Waals surface area contributed by atoms with Gasteiger partial charge in [-0.15, -0.1) is 0 Å². The second-order valence-electron chi connectivity index (χ2n) is 8.34.